The van der Waals surface area contributed by atoms with Crippen molar-refractivity contribution in [2.24, 2.45) is 17.8 Å². The Morgan fingerprint density at radius 2 is 1.29 bits per heavy atom. The Morgan fingerprint density at radius 1 is 0.765 bits per heavy atom. The number of nitrogens with one attached hydrogen (secondary N) is 1. The summed E-state index contributed by atoms with van der Waals surface area (Å²) in [6.45, 7) is 2.43. The third kappa shape index (κ3) is 3.71. The third-order valence-corrected chi connectivity index (χ3v) is 5.31. The summed E-state index contributed by atoms with van der Waals surface area (Å²) < 4.78 is 0. The molecular formula is C16H31N. The van der Waals surface area contributed by atoms with Gasteiger partial charge in [0, 0.05) is 6.04 Å². The summed E-state index contributed by atoms with van der Waals surface area (Å²) in [6.07, 6.45) is 14.8. The second-order valence-corrected chi connectivity index (χ2v) is 6.59. The van der Waals surface area contributed by atoms with Crippen molar-refractivity contribution in [2.75, 3.05) is 7.05 Å². The smallest absolute Gasteiger partial charge is 0.0121 e. The molecule has 1 unspecified atom stereocenters. The first-order chi connectivity index (χ1) is 8.31. The summed E-state index contributed by atoms with van der Waals surface area (Å²) >= 11 is 0. The van der Waals surface area contributed by atoms with Crippen molar-refractivity contribution < 1.29 is 0 Å². The standard InChI is InChI=1S/C16H31N/c1-13-9-11-15(12-10-13)16(17-2)14-7-5-3-4-6-8-14/h13-17H,3-12H2,1-2H3. The van der Waals surface area contributed by atoms with Crippen LogP contribution in [-0.4, -0.2) is 13.1 Å². The van der Waals surface area contributed by atoms with Crippen LogP contribution < -0.4 is 5.32 Å². The van der Waals surface area contributed by atoms with Gasteiger partial charge in [-0.15, -0.1) is 0 Å². The molecule has 0 aromatic heterocycles. The molecule has 1 atom stereocenters. The van der Waals surface area contributed by atoms with Crippen molar-refractivity contribution >= 4 is 0 Å². The molecule has 17 heavy (non-hydrogen) atoms. The minimum Gasteiger partial charge on any atom is -0.316 e. The summed E-state index contributed by atoms with van der Waals surface area (Å²) in [7, 11) is 2.20. The lowest BCUT2D eigenvalue weighted by atomic mass is 9.74. The normalized spacial score (nSPS) is 34.2. The molecule has 0 aromatic rings. The molecule has 0 amide bonds. The van der Waals surface area contributed by atoms with Crippen LogP contribution in [0.1, 0.15) is 71.1 Å². The van der Waals surface area contributed by atoms with Crippen LogP contribution in [0, 0.1) is 17.8 Å². The second kappa shape index (κ2) is 6.78. The van der Waals surface area contributed by atoms with Crippen LogP contribution >= 0.6 is 0 Å². The Labute approximate surface area is 108 Å². The van der Waals surface area contributed by atoms with Gasteiger partial charge < -0.3 is 5.32 Å². The number of hydrogen-bond acceptors (Lipinski definition) is 1. The van der Waals surface area contributed by atoms with Gasteiger partial charge in [0.05, 0.1) is 0 Å². The van der Waals surface area contributed by atoms with Gasteiger partial charge in [0.15, 0.2) is 0 Å². The lowest BCUT2D eigenvalue weighted by Crippen LogP contribution is -2.41. The molecule has 2 aliphatic rings. The van der Waals surface area contributed by atoms with Crippen LogP contribution in [0.2, 0.25) is 0 Å². The highest BCUT2D eigenvalue weighted by atomic mass is 14.9. The third-order valence-electron chi connectivity index (χ3n) is 5.31. The average molecular weight is 237 g/mol. The largest absolute Gasteiger partial charge is 0.316 e. The Morgan fingerprint density at radius 3 is 1.82 bits per heavy atom. The lowest BCUT2D eigenvalue weighted by molar-refractivity contribution is 0.179. The zero-order valence-corrected chi connectivity index (χ0v) is 11.9. The van der Waals surface area contributed by atoms with Crippen molar-refractivity contribution in [2.45, 2.75) is 77.2 Å². The first-order valence-corrected chi connectivity index (χ1v) is 7.98. The van der Waals surface area contributed by atoms with Gasteiger partial charge in [-0.05, 0) is 50.5 Å². The Hall–Kier alpha value is -0.0400. The van der Waals surface area contributed by atoms with Crippen molar-refractivity contribution in [3.8, 4) is 0 Å². The molecule has 2 saturated carbocycles. The Balaban J connectivity index is 1.89. The fraction of sp³-hybridized carbons (Fsp3) is 1.00. The molecule has 2 fully saturated rings. The van der Waals surface area contributed by atoms with Gasteiger partial charge >= 0.3 is 0 Å². The highest BCUT2D eigenvalue weighted by Gasteiger charge is 2.30. The maximum absolute atomic E-state index is 3.68. The van der Waals surface area contributed by atoms with Gasteiger partial charge in [0.1, 0.15) is 0 Å². The summed E-state index contributed by atoms with van der Waals surface area (Å²) in [4.78, 5) is 0. The number of rotatable bonds is 3. The van der Waals surface area contributed by atoms with E-state index in [-0.39, 0.29) is 0 Å². The van der Waals surface area contributed by atoms with Crippen molar-refractivity contribution in [1.82, 2.24) is 5.32 Å². The highest BCUT2D eigenvalue weighted by Crippen LogP contribution is 2.36. The molecule has 1 heteroatoms. The molecule has 0 aromatic carbocycles. The molecule has 1 nitrogen and oxygen atoms in total. The fourth-order valence-electron chi connectivity index (χ4n) is 4.17. The maximum atomic E-state index is 3.68. The summed E-state index contributed by atoms with van der Waals surface area (Å²) in [5.74, 6) is 2.93. The second-order valence-electron chi connectivity index (χ2n) is 6.59. The van der Waals surface area contributed by atoms with Gasteiger partial charge in [0.25, 0.3) is 0 Å². The molecule has 2 aliphatic carbocycles. The van der Waals surface area contributed by atoms with Gasteiger partial charge in [-0.2, -0.15) is 0 Å². The van der Waals surface area contributed by atoms with E-state index in [9.17, 15) is 0 Å². The van der Waals surface area contributed by atoms with Gasteiger partial charge in [-0.1, -0.05) is 45.4 Å². The van der Waals surface area contributed by atoms with E-state index in [1.807, 2.05) is 0 Å². The molecule has 0 bridgehead atoms. The van der Waals surface area contributed by atoms with E-state index in [0.717, 1.165) is 23.8 Å². The van der Waals surface area contributed by atoms with Crippen LogP contribution in [0.5, 0.6) is 0 Å². The number of hydrogen-bond donors (Lipinski definition) is 1. The summed E-state index contributed by atoms with van der Waals surface area (Å²) in [5.41, 5.74) is 0. The van der Waals surface area contributed by atoms with Gasteiger partial charge in [0.2, 0.25) is 0 Å². The molecule has 2 rings (SSSR count). The minimum absolute atomic E-state index is 0.820. The molecule has 0 heterocycles. The van der Waals surface area contributed by atoms with E-state index in [4.69, 9.17) is 0 Å². The fourth-order valence-corrected chi connectivity index (χ4v) is 4.17. The van der Waals surface area contributed by atoms with Crippen molar-refractivity contribution in [3.05, 3.63) is 0 Å². The predicted molar refractivity (Wildman–Crippen MR) is 75.2 cm³/mol. The maximum Gasteiger partial charge on any atom is 0.0121 e. The van der Waals surface area contributed by atoms with Crippen LogP contribution in [0.4, 0.5) is 0 Å². The molecule has 0 saturated heterocycles. The molecular weight excluding hydrogens is 206 g/mol. The monoisotopic (exact) mass is 237 g/mol. The summed E-state index contributed by atoms with van der Waals surface area (Å²) in [6, 6.07) is 0.820. The van der Waals surface area contributed by atoms with Crippen molar-refractivity contribution in [3.63, 3.8) is 0 Å². The highest BCUT2D eigenvalue weighted by molar-refractivity contribution is 4.86. The summed E-state index contributed by atoms with van der Waals surface area (Å²) in [5, 5.41) is 3.68. The zero-order chi connectivity index (χ0) is 12.1. The molecule has 0 spiro atoms. The van der Waals surface area contributed by atoms with Crippen LogP contribution in [-0.2, 0) is 0 Å². The molecule has 1 N–H and O–H groups in total. The van der Waals surface area contributed by atoms with Crippen molar-refractivity contribution in [1.29, 1.82) is 0 Å². The average Bonchev–Trinajstić information content (AvgIpc) is 2.62. The van der Waals surface area contributed by atoms with E-state index < -0.39 is 0 Å². The molecule has 100 valence electrons. The Kier molecular flexibility index (Phi) is 5.34. The zero-order valence-electron chi connectivity index (χ0n) is 11.9. The first kappa shape index (κ1) is 13.4. The van der Waals surface area contributed by atoms with Gasteiger partial charge in [-0.3, -0.25) is 0 Å². The lowest BCUT2D eigenvalue weighted by Gasteiger charge is -2.37. The van der Waals surface area contributed by atoms with Gasteiger partial charge in [-0.25, -0.2) is 0 Å². The minimum atomic E-state index is 0.820. The predicted octanol–water partition coefficient (Wildman–Crippen LogP) is 4.37. The van der Waals surface area contributed by atoms with Crippen LogP contribution in [0.3, 0.4) is 0 Å². The van der Waals surface area contributed by atoms with E-state index in [1.54, 1.807) is 0 Å². The van der Waals surface area contributed by atoms with Crippen LogP contribution in [0.15, 0.2) is 0 Å². The molecule has 0 aliphatic heterocycles. The molecule has 0 radical (unpaired) electrons. The SMILES string of the molecule is CNC(C1CCCCCC1)C1CCC(C)CC1. The van der Waals surface area contributed by atoms with E-state index in [2.05, 4.69) is 19.3 Å². The Bertz CT molecular complexity index is 198. The topological polar surface area (TPSA) is 12.0 Å². The first-order valence-electron chi connectivity index (χ1n) is 7.98. The van der Waals surface area contributed by atoms with E-state index in [0.29, 0.717) is 0 Å². The van der Waals surface area contributed by atoms with E-state index >= 15 is 0 Å². The quantitative estimate of drug-likeness (QED) is 0.719. The van der Waals surface area contributed by atoms with Crippen LogP contribution in [0.25, 0.3) is 0 Å². The van der Waals surface area contributed by atoms with E-state index in [1.165, 1.54) is 64.2 Å².